The second-order valence-corrected chi connectivity index (χ2v) is 4.14. The first-order valence-electron chi connectivity index (χ1n) is 4.50. The van der Waals surface area contributed by atoms with E-state index in [1.807, 2.05) is 0 Å². The summed E-state index contributed by atoms with van der Waals surface area (Å²) < 4.78 is 4.56. The monoisotopic (exact) mass is 260 g/mol. The molecule has 0 aliphatic carbocycles. The Morgan fingerprint density at radius 3 is 2.06 bits per heavy atom. The van der Waals surface area contributed by atoms with Gasteiger partial charge in [0.05, 0.1) is 7.11 Å². The van der Waals surface area contributed by atoms with Crippen molar-refractivity contribution >= 4 is 35.0 Å². The molecule has 5 heteroatoms. The SMILES string of the molecule is COC(=O)C(C(C)=O)c1cc(Cl)cc(Cl)c1. The van der Waals surface area contributed by atoms with Crippen LogP contribution in [0.5, 0.6) is 0 Å². The minimum atomic E-state index is -0.971. The first kappa shape index (κ1) is 13.0. The normalized spacial score (nSPS) is 12.0. The molecule has 1 aromatic carbocycles. The Hall–Kier alpha value is -1.06. The summed E-state index contributed by atoms with van der Waals surface area (Å²) in [5.41, 5.74) is 0.442. The number of Topliss-reactive ketones (excluding diaryl/α,β-unsaturated/α-hetero) is 1. The molecule has 0 fully saturated rings. The fraction of sp³-hybridized carbons (Fsp3) is 0.273. The minimum absolute atomic E-state index is 0.315. The summed E-state index contributed by atoms with van der Waals surface area (Å²) >= 11 is 11.6. The third-order valence-electron chi connectivity index (χ3n) is 2.06. The number of ketones is 1. The summed E-state index contributed by atoms with van der Waals surface area (Å²) in [4.78, 5) is 22.8. The van der Waals surface area contributed by atoms with Gasteiger partial charge in [-0.15, -0.1) is 0 Å². The molecule has 0 saturated heterocycles. The molecule has 0 aromatic heterocycles. The average molecular weight is 261 g/mol. The maximum atomic E-state index is 11.4. The number of carbonyl (C=O) groups is 2. The van der Waals surface area contributed by atoms with E-state index < -0.39 is 11.9 Å². The van der Waals surface area contributed by atoms with Gasteiger partial charge in [0.2, 0.25) is 0 Å². The molecule has 0 amide bonds. The van der Waals surface area contributed by atoms with Gasteiger partial charge in [-0.1, -0.05) is 23.2 Å². The predicted octanol–water partition coefficient (Wildman–Crippen LogP) is 2.84. The first-order valence-corrected chi connectivity index (χ1v) is 5.25. The Morgan fingerprint density at radius 2 is 1.69 bits per heavy atom. The van der Waals surface area contributed by atoms with Gasteiger partial charge in [-0.3, -0.25) is 9.59 Å². The van der Waals surface area contributed by atoms with Gasteiger partial charge in [0.1, 0.15) is 11.7 Å². The van der Waals surface area contributed by atoms with Gasteiger partial charge in [-0.05, 0) is 30.7 Å². The van der Waals surface area contributed by atoms with Crippen LogP contribution in [0.25, 0.3) is 0 Å². The Labute approximate surface area is 103 Å². The van der Waals surface area contributed by atoms with Crippen LogP contribution < -0.4 is 0 Å². The van der Waals surface area contributed by atoms with E-state index in [0.29, 0.717) is 15.6 Å². The fourth-order valence-corrected chi connectivity index (χ4v) is 1.94. The molecule has 3 nitrogen and oxygen atoms in total. The van der Waals surface area contributed by atoms with Crippen molar-refractivity contribution in [3.63, 3.8) is 0 Å². The average Bonchev–Trinajstić information content (AvgIpc) is 2.15. The Kier molecular flexibility index (Phi) is 4.33. The van der Waals surface area contributed by atoms with Crippen LogP contribution in [0.4, 0.5) is 0 Å². The van der Waals surface area contributed by atoms with Crippen LogP contribution in [0.15, 0.2) is 18.2 Å². The molecule has 0 bridgehead atoms. The number of ether oxygens (including phenoxy) is 1. The second kappa shape index (κ2) is 5.32. The van der Waals surface area contributed by atoms with Crippen molar-refractivity contribution in [3.8, 4) is 0 Å². The highest BCUT2D eigenvalue weighted by Crippen LogP contribution is 2.26. The lowest BCUT2D eigenvalue weighted by Gasteiger charge is -2.12. The third-order valence-corrected chi connectivity index (χ3v) is 2.50. The Morgan fingerprint density at radius 1 is 1.19 bits per heavy atom. The van der Waals surface area contributed by atoms with E-state index in [9.17, 15) is 9.59 Å². The number of methoxy groups -OCH3 is 1. The van der Waals surface area contributed by atoms with Crippen molar-refractivity contribution in [3.05, 3.63) is 33.8 Å². The van der Waals surface area contributed by atoms with E-state index >= 15 is 0 Å². The van der Waals surface area contributed by atoms with Gasteiger partial charge < -0.3 is 4.74 Å². The van der Waals surface area contributed by atoms with Crippen molar-refractivity contribution in [2.24, 2.45) is 0 Å². The number of hydrogen-bond acceptors (Lipinski definition) is 3. The molecule has 0 spiro atoms. The fourth-order valence-electron chi connectivity index (χ4n) is 1.40. The molecular weight excluding hydrogens is 251 g/mol. The van der Waals surface area contributed by atoms with Crippen LogP contribution in [0.2, 0.25) is 10.0 Å². The maximum Gasteiger partial charge on any atom is 0.320 e. The first-order chi connectivity index (χ1) is 7.45. The number of benzene rings is 1. The van der Waals surface area contributed by atoms with E-state index in [4.69, 9.17) is 23.2 Å². The Bertz CT molecular complexity index is 409. The molecular formula is C11H10Cl2O3. The zero-order chi connectivity index (χ0) is 12.3. The van der Waals surface area contributed by atoms with Crippen molar-refractivity contribution in [2.75, 3.05) is 7.11 Å². The van der Waals surface area contributed by atoms with E-state index in [-0.39, 0.29) is 5.78 Å². The van der Waals surface area contributed by atoms with Gasteiger partial charge in [-0.2, -0.15) is 0 Å². The van der Waals surface area contributed by atoms with Crippen LogP contribution in [-0.4, -0.2) is 18.9 Å². The molecule has 1 atom stereocenters. The summed E-state index contributed by atoms with van der Waals surface area (Å²) in [5.74, 6) is -1.91. The standard InChI is InChI=1S/C11H10Cl2O3/c1-6(14)10(11(15)16-2)7-3-8(12)5-9(13)4-7/h3-5,10H,1-2H3. The quantitative estimate of drug-likeness (QED) is 0.620. The molecule has 1 rings (SSSR count). The lowest BCUT2D eigenvalue weighted by atomic mass is 9.96. The predicted molar refractivity (Wildman–Crippen MR) is 61.9 cm³/mol. The highest BCUT2D eigenvalue weighted by atomic mass is 35.5. The molecule has 1 unspecified atom stereocenters. The number of esters is 1. The lowest BCUT2D eigenvalue weighted by Crippen LogP contribution is -2.21. The van der Waals surface area contributed by atoms with Crippen molar-refractivity contribution < 1.29 is 14.3 Å². The Balaban J connectivity index is 3.21. The van der Waals surface area contributed by atoms with Crippen LogP contribution >= 0.6 is 23.2 Å². The molecule has 1 aromatic rings. The van der Waals surface area contributed by atoms with E-state index in [1.54, 1.807) is 0 Å². The molecule has 16 heavy (non-hydrogen) atoms. The maximum absolute atomic E-state index is 11.4. The molecule has 0 aliphatic rings. The highest BCUT2D eigenvalue weighted by molar-refractivity contribution is 6.34. The van der Waals surface area contributed by atoms with E-state index in [0.717, 1.165) is 0 Å². The largest absolute Gasteiger partial charge is 0.468 e. The summed E-state index contributed by atoms with van der Waals surface area (Å²) in [7, 11) is 1.23. The van der Waals surface area contributed by atoms with Gasteiger partial charge in [0, 0.05) is 10.0 Å². The highest BCUT2D eigenvalue weighted by Gasteiger charge is 2.26. The van der Waals surface area contributed by atoms with Crippen molar-refractivity contribution in [2.45, 2.75) is 12.8 Å². The molecule has 0 aliphatic heterocycles. The molecule has 0 radical (unpaired) electrons. The van der Waals surface area contributed by atoms with Crippen LogP contribution in [0.3, 0.4) is 0 Å². The molecule has 0 saturated carbocycles. The number of carbonyl (C=O) groups excluding carboxylic acids is 2. The smallest absolute Gasteiger partial charge is 0.320 e. The summed E-state index contributed by atoms with van der Waals surface area (Å²) in [6, 6.07) is 4.58. The zero-order valence-electron chi connectivity index (χ0n) is 8.79. The lowest BCUT2D eigenvalue weighted by molar-refractivity contribution is -0.145. The second-order valence-electron chi connectivity index (χ2n) is 3.27. The summed E-state index contributed by atoms with van der Waals surface area (Å²) in [6.45, 7) is 1.32. The van der Waals surface area contributed by atoms with Gasteiger partial charge in [0.25, 0.3) is 0 Å². The van der Waals surface area contributed by atoms with E-state index in [1.165, 1.54) is 32.2 Å². The molecule has 0 N–H and O–H groups in total. The van der Waals surface area contributed by atoms with Gasteiger partial charge in [-0.25, -0.2) is 0 Å². The van der Waals surface area contributed by atoms with Gasteiger partial charge >= 0.3 is 5.97 Å². The zero-order valence-corrected chi connectivity index (χ0v) is 10.3. The van der Waals surface area contributed by atoms with Crippen LogP contribution in [-0.2, 0) is 14.3 Å². The summed E-state index contributed by atoms with van der Waals surface area (Å²) in [6.07, 6.45) is 0. The number of rotatable bonds is 3. The van der Waals surface area contributed by atoms with Crippen molar-refractivity contribution in [1.29, 1.82) is 0 Å². The van der Waals surface area contributed by atoms with E-state index in [2.05, 4.69) is 4.74 Å². The number of halogens is 2. The third kappa shape index (κ3) is 2.97. The minimum Gasteiger partial charge on any atom is -0.468 e. The topological polar surface area (TPSA) is 43.4 Å². The summed E-state index contributed by atoms with van der Waals surface area (Å²) in [5, 5.41) is 0.746. The van der Waals surface area contributed by atoms with Crippen molar-refractivity contribution in [1.82, 2.24) is 0 Å². The van der Waals surface area contributed by atoms with Gasteiger partial charge in [0.15, 0.2) is 0 Å². The molecule has 0 heterocycles. The molecule has 86 valence electrons. The number of hydrogen-bond donors (Lipinski definition) is 0. The van der Waals surface area contributed by atoms with Crippen LogP contribution in [0.1, 0.15) is 18.4 Å². The van der Waals surface area contributed by atoms with Crippen LogP contribution in [0, 0.1) is 0 Å².